The van der Waals surface area contributed by atoms with Gasteiger partial charge in [-0.1, -0.05) is 84.0 Å². The van der Waals surface area contributed by atoms with E-state index in [1.807, 2.05) is 6.92 Å². The Labute approximate surface area is 134 Å². The standard InChI is InChI=1S/C18H38O2P/c1-3-5-6-7-8-9-10-11-12-13-14-15-16-17-18-21(19)20-4-2/h3-18H2,1-2H3/q+1. The van der Waals surface area contributed by atoms with Crippen LogP contribution in [0.1, 0.15) is 104 Å². The van der Waals surface area contributed by atoms with E-state index in [-0.39, 0.29) is 0 Å². The fraction of sp³-hybridized carbons (Fsp3) is 1.00. The van der Waals surface area contributed by atoms with Gasteiger partial charge in [-0.3, -0.25) is 0 Å². The van der Waals surface area contributed by atoms with Crippen molar-refractivity contribution in [1.82, 2.24) is 0 Å². The number of rotatable bonds is 17. The third kappa shape index (κ3) is 18.0. The van der Waals surface area contributed by atoms with E-state index in [0.717, 1.165) is 12.6 Å². The average Bonchev–Trinajstić information content (AvgIpc) is 2.48. The Balaban J connectivity index is 3.01. The summed E-state index contributed by atoms with van der Waals surface area (Å²) >= 11 is 0. The molecular weight excluding hydrogens is 279 g/mol. The fourth-order valence-electron chi connectivity index (χ4n) is 2.64. The summed E-state index contributed by atoms with van der Waals surface area (Å²) in [6.07, 6.45) is 19.8. The highest BCUT2D eigenvalue weighted by Crippen LogP contribution is 2.24. The maximum absolute atomic E-state index is 11.3. The predicted molar refractivity (Wildman–Crippen MR) is 94.4 cm³/mol. The summed E-state index contributed by atoms with van der Waals surface area (Å²) in [5.74, 6) is 0. The van der Waals surface area contributed by atoms with Gasteiger partial charge in [0.1, 0.15) is 0 Å². The van der Waals surface area contributed by atoms with Gasteiger partial charge in [-0.05, 0) is 24.3 Å². The molecule has 126 valence electrons. The van der Waals surface area contributed by atoms with Gasteiger partial charge >= 0.3 is 8.03 Å². The molecule has 1 unspecified atom stereocenters. The lowest BCUT2D eigenvalue weighted by atomic mass is 10.0. The van der Waals surface area contributed by atoms with Crippen LogP contribution in [-0.2, 0) is 9.09 Å². The Hall–Kier alpha value is 0.0600. The lowest BCUT2D eigenvalue weighted by Crippen LogP contribution is -1.86. The van der Waals surface area contributed by atoms with Crippen molar-refractivity contribution in [2.75, 3.05) is 12.8 Å². The van der Waals surface area contributed by atoms with Gasteiger partial charge in [0.05, 0.1) is 6.61 Å². The van der Waals surface area contributed by atoms with Crippen LogP contribution in [0.25, 0.3) is 0 Å². The van der Waals surface area contributed by atoms with Gasteiger partial charge in [-0.15, -0.1) is 4.52 Å². The molecule has 0 heterocycles. The zero-order valence-electron chi connectivity index (χ0n) is 14.6. The molecule has 0 aliphatic heterocycles. The quantitative estimate of drug-likeness (QED) is 0.209. The van der Waals surface area contributed by atoms with Crippen molar-refractivity contribution in [2.24, 2.45) is 0 Å². The second kappa shape index (κ2) is 18.1. The predicted octanol–water partition coefficient (Wildman–Crippen LogP) is 7.25. The molecule has 0 aromatic carbocycles. The Morgan fingerprint density at radius 1 is 0.619 bits per heavy atom. The van der Waals surface area contributed by atoms with Crippen molar-refractivity contribution in [3.05, 3.63) is 0 Å². The van der Waals surface area contributed by atoms with E-state index in [9.17, 15) is 4.57 Å². The van der Waals surface area contributed by atoms with Crippen LogP contribution in [-0.4, -0.2) is 12.8 Å². The largest absolute Gasteiger partial charge is 0.508 e. The highest BCUT2D eigenvalue weighted by atomic mass is 31.1. The molecule has 0 saturated heterocycles. The van der Waals surface area contributed by atoms with E-state index in [2.05, 4.69) is 6.92 Å². The molecule has 0 amide bonds. The summed E-state index contributed by atoms with van der Waals surface area (Å²) < 4.78 is 16.4. The fourth-order valence-corrected chi connectivity index (χ4v) is 3.54. The molecule has 0 fully saturated rings. The second-order valence-electron chi connectivity index (χ2n) is 6.07. The highest BCUT2D eigenvalue weighted by Gasteiger charge is 2.14. The Morgan fingerprint density at radius 3 is 1.38 bits per heavy atom. The smallest absolute Gasteiger partial charge is 0.147 e. The van der Waals surface area contributed by atoms with Crippen LogP contribution in [0.3, 0.4) is 0 Å². The first-order chi connectivity index (χ1) is 10.3. The van der Waals surface area contributed by atoms with E-state index >= 15 is 0 Å². The van der Waals surface area contributed by atoms with E-state index in [1.165, 1.54) is 83.5 Å². The van der Waals surface area contributed by atoms with Crippen LogP contribution < -0.4 is 0 Å². The Kier molecular flexibility index (Phi) is 18.2. The molecule has 0 spiro atoms. The molecule has 2 nitrogen and oxygen atoms in total. The normalized spacial score (nSPS) is 11.8. The van der Waals surface area contributed by atoms with Gasteiger partial charge < -0.3 is 0 Å². The summed E-state index contributed by atoms with van der Waals surface area (Å²) in [5.41, 5.74) is 0. The van der Waals surface area contributed by atoms with E-state index in [4.69, 9.17) is 4.52 Å². The van der Waals surface area contributed by atoms with Gasteiger partial charge in [-0.2, -0.15) is 0 Å². The third-order valence-electron chi connectivity index (χ3n) is 3.97. The topological polar surface area (TPSA) is 26.3 Å². The molecule has 21 heavy (non-hydrogen) atoms. The van der Waals surface area contributed by atoms with Crippen LogP contribution in [0.2, 0.25) is 0 Å². The van der Waals surface area contributed by atoms with Crippen LogP contribution in [0, 0.1) is 0 Å². The minimum absolute atomic E-state index is 0.577. The number of hydrogen-bond donors (Lipinski definition) is 0. The molecular formula is C18H38O2P+. The molecule has 0 aliphatic carbocycles. The lowest BCUT2D eigenvalue weighted by Gasteiger charge is -2.02. The lowest BCUT2D eigenvalue weighted by molar-refractivity contribution is 0.349. The second-order valence-corrected chi connectivity index (χ2v) is 7.44. The SMILES string of the molecule is CCCCCCCCCCCCCCCC[P+](=O)OCC. The highest BCUT2D eigenvalue weighted by molar-refractivity contribution is 7.39. The molecule has 0 radical (unpaired) electrons. The monoisotopic (exact) mass is 317 g/mol. The van der Waals surface area contributed by atoms with Crippen molar-refractivity contribution in [2.45, 2.75) is 104 Å². The molecule has 0 aliphatic rings. The Morgan fingerprint density at radius 2 is 1.00 bits per heavy atom. The molecule has 0 bridgehead atoms. The first kappa shape index (κ1) is 21.1. The molecule has 0 saturated carbocycles. The molecule has 0 N–H and O–H groups in total. The van der Waals surface area contributed by atoms with Crippen molar-refractivity contribution in [1.29, 1.82) is 0 Å². The number of hydrogen-bond acceptors (Lipinski definition) is 2. The van der Waals surface area contributed by atoms with E-state index in [0.29, 0.717) is 6.61 Å². The average molecular weight is 317 g/mol. The minimum atomic E-state index is -1.37. The van der Waals surface area contributed by atoms with Crippen LogP contribution >= 0.6 is 8.03 Å². The van der Waals surface area contributed by atoms with Gasteiger partial charge in [0.15, 0.2) is 6.16 Å². The zero-order chi connectivity index (χ0) is 15.6. The van der Waals surface area contributed by atoms with Gasteiger partial charge in [0.2, 0.25) is 0 Å². The van der Waals surface area contributed by atoms with Crippen molar-refractivity contribution in [3.63, 3.8) is 0 Å². The van der Waals surface area contributed by atoms with Crippen molar-refractivity contribution in [3.8, 4) is 0 Å². The maximum Gasteiger partial charge on any atom is 0.508 e. The van der Waals surface area contributed by atoms with Gasteiger partial charge in [-0.25, -0.2) is 0 Å². The molecule has 3 heteroatoms. The summed E-state index contributed by atoms with van der Waals surface area (Å²) in [6.45, 7) is 4.76. The van der Waals surface area contributed by atoms with Crippen LogP contribution in [0.15, 0.2) is 0 Å². The maximum atomic E-state index is 11.3. The zero-order valence-corrected chi connectivity index (χ0v) is 15.5. The van der Waals surface area contributed by atoms with E-state index < -0.39 is 8.03 Å². The molecule has 0 aromatic rings. The Bertz CT molecular complexity index is 219. The summed E-state index contributed by atoms with van der Waals surface area (Å²) in [5, 5.41) is 0. The first-order valence-corrected chi connectivity index (χ1v) is 10.7. The third-order valence-corrected chi connectivity index (χ3v) is 5.19. The van der Waals surface area contributed by atoms with Crippen molar-refractivity contribution < 1.29 is 9.09 Å². The summed E-state index contributed by atoms with van der Waals surface area (Å²) in [4.78, 5) is 0. The van der Waals surface area contributed by atoms with Crippen molar-refractivity contribution >= 4 is 8.03 Å². The molecule has 1 atom stereocenters. The molecule has 0 aromatic heterocycles. The first-order valence-electron chi connectivity index (χ1n) is 9.38. The van der Waals surface area contributed by atoms with Gasteiger partial charge in [0, 0.05) is 0 Å². The summed E-state index contributed by atoms with van der Waals surface area (Å²) in [7, 11) is -1.37. The summed E-state index contributed by atoms with van der Waals surface area (Å²) in [6, 6.07) is 0. The minimum Gasteiger partial charge on any atom is -0.147 e. The van der Waals surface area contributed by atoms with Crippen LogP contribution in [0.5, 0.6) is 0 Å². The van der Waals surface area contributed by atoms with Gasteiger partial charge in [0.25, 0.3) is 0 Å². The molecule has 0 rings (SSSR count). The number of unbranched alkanes of at least 4 members (excludes halogenated alkanes) is 13. The van der Waals surface area contributed by atoms with E-state index in [1.54, 1.807) is 0 Å². The van der Waals surface area contributed by atoms with Crippen LogP contribution in [0.4, 0.5) is 0 Å².